The standard InChI is InChI=1S/C7H2BrCl2F2NO/c8-2-1-3(7(11)12)13-5(4(2)9)6(10)14/h1,7H. The van der Waals surface area contributed by atoms with Crippen LogP contribution in [0.3, 0.4) is 0 Å². The van der Waals surface area contributed by atoms with E-state index in [1.165, 1.54) is 0 Å². The minimum Gasteiger partial charge on any atom is -0.274 e. The molecular formula is C7H2BrCl2F2NO. The van der Waals surface area contributed by atoms with E-state index in [2.05, 4.69) is 20.9 Å². The van der Waals surface area contributed by atoms with Crippen molar-refractivity contribution in [3.8, 4) is 0 Å². The summed E-state index contributed by atoms with van der Waals surface area (Å²) in [5, 5.41) is -1.05. The second-order valence-corrected chi connectivity index (χ2v) is 3.84. The molecule has 0 amide bonds. The third-order valence-corrected chi connectivity index (χ3v) is 2.76. The lowest BCUT2D eigenvalue weighted by atomic mass is 10.3. The molecule has 2 nitrogen and oxygen atoms in total. The molecule has 14 heavy (non-hydrogen) atoms. The molecule has 1 aromatic heterocycles. The number of pyridine rings is 1. The first-order valence-corrected chi connectivity index (χ1v) is 4.82. The van der Waals surface area contributed by atoms with Gasteiger partial charge >= 0.3 is 0 Å². The third-order valence-electron chi connectivity index (χ3n) is 1.34. The summed E-state index contributed by atoms with van der Waals surface area (Å²) in [6.07, 6.45) is -2.78. The van der Waals surface area contributed by atoms with Crippen LogP contribution < -0.4 is 0 Å². The van der Waals surface area contributed by atoms with Crippen LogP contribution in [0.5, 0.6) is 0 Å². The fourth-order valence-corrected chi connectivity index (χ4v) is 1.55. The second-order valence-electron chi connectivity index (χ2n) is 2.27. The van der Waals surface area contributed by atoms with E-state index in [-0.39, 0.29) is 15.2 Å². The average Bonchev–Trinajstić information content (AvgIpc) is 2.08. The smallest absolute Gasteiger partial charge is 0.274 e. The first kappa shape index (κ1) is 11.8. The van der Waals surface area contributed by atoms with E-state index >= 15 is 0 Å². The fourth-order valence-electron chi connectivity index (χ4n) is 0.759. The molecule has 1 aromatic rings. The molecule has 0 saturated heterocycles. The third kappa shape index (κ3) is 2.40. The number of hydrogen-bond donors (Lipinski definition) is 0. The van der Waals surface area contributed by atoms with Gasteiger partial charge in [-0.3, -0.25) is 4.79 Å². The number of carbonyl (C=O) groups excluding carboxylic acids is 1. The minimum atomic E-state index is -2.78. The van der Waals surface area contributed by atoms with Gasteiger partial charge in [0.1, 0.15) is 11.4 Å². The lowest BCUT2D eigenvalue weighted by Crippen LogP contribution is -2.01. The summed E-state index contributed by atoms with van der Waals surface area (Å²) in [4.78, 5) is 14.1. The van der Waals surface area contributed by atoms with E-state index in [9.17, 15) is 13.6 Å². The highest BCUT2D eigenvalue weighted by atomic mass is 79.9. The molecule has 7 heteroatoms. The second kappa shape index (κ2) is 4.51. The quantitative estimate of drug-likeness (QED) is 0.778. The number of rotatable bonds is 2. The molecule has 0 fully saturated rings. The van der Waals surface area contributed by atoms with Crippen LogP contribution in [0.1, 0.15) is 22.6 Å². The molecule has 0 aliphatic carbocycles. The molecule has 0 saturated carbocycles. The van der Waals surface area contributed by atoms with Crippen LogP contribution in [0.15, 0.2) is 10.5 Å². The maximum Gasteiger partial charge on any atom is 0.280 e. The molecular weight excluding hydrogens is 303 g/mol. The van der Waals surface area contributed by atoms with Crippen molar-refractivity contribution in [3.63, 3.8) is 0 Å². The highest BCUT2D eigenvalue weighted by molar-refractivity contribution is 9.10. The maximum absolute atomic E-state index is 12.2. The average molecular weight is 305 g/mol. The van der Waals surface area contributed by atoms with Gasteiger partial charge in [-0.05, 0) is 33.6 Å². The van der Waals surface area contributed by atoms with Crippen molar-refractivity contribution in [2.75, 3.05) is 0 Å². The van der Waals surface area contributed by atoms with Crippen molar-refractivity contribution in [1.82, 2.24) is 4.98 Å². The summed E-state index contributed by atoms with van der Waals surface area (Å²) in [5.74, 6) is 0. The summed E-state index contributed by atoms with van der Waals surface area (Å²) < 4.78 is 24.6. The lowest BCUT2D eigenvalue weighted by molar-refractivity contribution is 0.107. The maximum atomic E-state index is 12.2. The Hall–Kier alpha value is -0.260. The van der Waals surface area contributed by atoms with Crippen molar-refractivity contribution in [2.24, 2.45) is 0 Å². The largest absolute Gasteiger partial charge is 0.280 e. The molecule has 1 heterocycles. The SMILES string of the molecule is O=C(Cl)c1nc(C(F)F)cc(Br)c1Cl. The van der Waals surface area contributed by atoms with Gasteiger partial charge in [0.05, 0.1) is 5.02 Å². The Labute approximate surface area is 96.3 Å². The summed E-state index contributed by atoms with van der Waals surface area (Å²) in [5.41, 5.74) is -0.928. The Morgan fingerprint density at radius 1 is 1.57 bits per heavy atom. The van der Waals surface area contributed by atoms with Gasteiger partial charge in [-0.15, -0.1) is 0 Å². The van der Waals surface area contributed by atoms with E-state index < -0.39 is 17.4 Å². The van der Waals surface area contributed by atoms with Gasteiger partial charge in [-0.1, -0.05) is 11.6 Å². The molecule has 0 N–H and O–H groups in total. The molecule has 0 aliphatic rings. The molecule has 1 rings (SSSR count). The Balaban J connectivity index is 3.35. The normalized spacial score (nSPS) is 10.7. The molecule has 0 radical (unpaired) electrons. The van der Waals surface area contributed by atoms with Crippen LogP contribution in [-0.4, -0.2) is 10.2 Å². The van der Waals surface area contributed by atoms with Crippen LogP contribution in [0, 0.1) is 0 Å². The van der Waals surface area contributed by atoms with Crippen molar-refractivity contribution in [2.45, 2.75) is 6.43 Å². The monoisotopic (exact) mass is 303 g/mol. The van der Waals surface area contributed by atoms with E-state index in [1.807, 2.05) is 0 Å². The Morgan fingerprint density at radius 2 is 2.14 bits per heavy atom. The Bertz CT molecular complexity index is 386. The number of alkyl halides is 2. The zero-order valence-electron chi connectivity index (χ0n) is 6.40. The van der Waals surface area contributed by atoms with Crippen LogP contribution >= 0.6 is 39.1 Å². The van der Waals surface area contributed by atoms with Gasteiger partial charge in [-0.25, -0.2) is 13.8 Å². The van der Waals surface area contributed by atoms with Gasteiger partial charge in [0.2, 0.25) is 0 Å². The predicted octanol–water partition coefficient (Wildman–Crippen LogP) is 3.81. The van der Waals surface area contributed by atoms with Gasteiger partial charge < -0.3 is 0 Å². The zero-order chi connectivity index (χ0) is 10.9. The molecule has 0 aliphatic heterocycles. The number of hydrogen-bond acceptors (Lipinski definition) is 2. The van der Waals surface area contributed by atoms with Crippen LogP contribution in [0.25, 0.3) is 0 Å². The Kier molecular flexibility index (Phi) is 3.80. The van der Waals surface area contributed by atoms with Crippen molar-refractivity contribution in [1.29, 1.82) is 0 Å². The minimum absolute atomic E-state index is 0.0746. The summed E-state index contributed by atoms with van der Waals surface area (Å²) in [6, 6.07) is 1.04. The van der Waals surface area contributed by atoms with Crippen LogP contribution in [0.2, 0.25) is 5.02 Å². The van der Waals surface area contributed by atoms with Crippen molar-refractivity contribution in [3.05, 3.63) is 26.9 Å². The van der Waals surface area contributed by atoms with Gasteiger partial charge in [0, 0.05) is 4.47 Å². The van der Waals surface area contributed by atoms with Crippen LogP contribution in [-0.2, 0) is 0 Å². The lowest BCUT2D eigenvalue weighted by Gasteiger charge is -2.04. The van der Waals surface area contributed by atoms with Gasteiger partial charge in [-0.2, -0.15) is 0 Å². The number of aromatic nitrogens is 1. The molecule has 0 aromatic carbocycles. The topological polar surface area (TPSA) is 30.0 Å². The summed E-state index contributed by atoms with van der Waals surface area (Å²) >= 11 is 13.6. The first-order chi connectivity index (χ1) is 6.43. The highest BCUT2D eigenvalue weighted by Crippen LogP contribution is 2.30. The first-order valence-electron chi connectivity index (χ1n) is 3.27. The highest BCUT2D eigenvalue weighted by Gasteiger charge is 2.18. The van der Waals surface area contributed by atoms with E-state index in [0.717, 1.165) is 6.07 Å². The van der Waals surface area contributed by atoms with E-state index in [4.69, 9.17) is 23.2 Å². The molecule has 76 valence electrons. The van der Waals surface area contributed by atoms with Gasteiger partial charge in [0.15, 0.2) is 0 Å². The van der Waals surface area contributed by atoms with Crippen molar-refractivity contribution >= 4 is 44.4 Å². The fraction of sp³-hybridized carbons (Fsp3) is 0.143. The van der Waals surface area contributed by atoms with E-state index in [1.54, 1.807) is 0 Å². The Morgan fingerprint density at radius 3 is 2.57 bits per heavy atom. The van der Waals surface area contributed by atoms with E-state index in [0.29, 0.717) is 0 Å². The number of nitrogens with zero attached hydrogens (tertiary/aromatic N) is 1. The van der Waals surface area contributed by atoms with Crippen molar-refractivity contribution < 1.29 is 13.6 Å². The predicted molar refractivity (Wildman–Crippen MR) is 52.1 cm³/mol. The number of halogens is 5. The number of carbonyl (C=O) groups is 1. The molecule has 0 bridgehead atoms. The molecule has 0 unspecified atom stereocenters. The molecule has 0 spiro atoms. The van der Waals surface area contributed by atoms with Gasteiger partial charge in [0.25, 0.3) is 11.7 Å². The summed E-state index contributed by atoms with van der Waals surface area (Å²) in [7, 11) is 0. The summed E-state index contributed by atoms with van der Waals surface area (Å²) in [6.45, 7) is 0. The zero-order valence-corrected chi connectivity index (χ0v) is 9.50. The molecule has 0 atom stereocenters. The van der Waals surface area contributed by atoms with Crippen LogP contribution in [0.4, 0.5) is 8.78 Å².